The summed E-state index contributed by atoms with van der Waals surface area (Å²) in [5.74, 6) is 0.404. The van der Waals surface area contributed by atoms with Crippen molar-refractivity contribution in [2.75, 3.05) is 6.61 Å². The van der Waals surface area contributed by atoms with E-state index in [9.17, 15) is 9.50 Å². The van der Waals surface area contributed by atoms with Crippen molar-refractivity contribution in [1.29, 1.82) is 0 Å². The summed E-state index contributed by atoms with van der Waals surface area (Å²) in [6.45, 7) is 2.52. The lowest BCUT2D eigenvalue weighted by Crippen LogP contribution is -1.89. The maximum Gasteiger partial charge on any atom is 0.128 e. The highest BCUT2D eigenvalue weighted by Gasteiger charge is 2.12. The zero-order valence-electron chi connectivity index (χ0n) is 10.8. The van der Waals surface area contributed by atoms with E-state index in [1.807, 2.05) is 25.1 Å². The number of thiazole rings is 1. The minimum absolute atomic E-state index is 0.0236. The molecule has 102 valence electrons. The molecule has 20 heavy (non-hydrogen) atoms. The van der Waals surface area contributed by atoms with Crippen LogP contribution >= 0.6 is 11.3 Å². The molecule has 1 aromatic heterocycles. The third-order valence-corrected chi connectivity index (χ3v) is 3.91. The van der Waals surface area contributed by atoms with Crippen LogP contribution in [0.4, 0.5) is 4.39 Å². The minimum atomic E-state index is -0.396. The highest BCUT2D eigenvalue weighted by atomic mass is 32.1. The summed E-state index contributed by atoms with van der Waals surface area (Å²) in [5.41, 5.74) is 1.21. The van der Waals surface area contributed by atoms with E-state index in [0.29, 0.717) is 17.2 Å². The summed E-state index contributed by atoms with van der Waals surface area (Å²) in [5, 5.41) is 10.4. The second-order valence-corrected chi connectivity index (χ2v) is 5.27. The van der Waals surface area contributed by atoms with Gasteiger partial charge in [-0.2, -0.15) is 0 Å². The third-order valence-electron chi connectivity index (χ3n) is 2.86. The lowest BCUT2D eigenvalue weighted by atomic mass is 10.2. The van der Waals surface area contributed by atoms with E-state index >= 15 is 0 Å². The van der Waals surface area contributed by atoms with Crippen LogP contribution in [-0.2, 0) is 0 Å². The van der Waals surface area contributed by atoms with E-state index in [-0.39, 0.29) is 5.75 Å². The number of benzene rings is 2. The van der Waals surface area contributed by atoms with Crippen molar-refractivity contribution in [3.63, 3.8) is 0 Å². The first-order valence-corrected chi connectivity index (χ1v) is 7.01. The van der Waals surface area contributed by atoms with Gasteiger partial charge >= 0.3 is 0 Å². The largest absolute Gasteiger partial charge is 0.507 e. The van der Waals surface area contributed by atoms with Crippen LogP contribution in [0.5, 0.6) is 11.5 Å². The van der Waals surface area contributed by atoms with Crippen LogP contribution in [0.15, 0.2) is 36.4 Å². The molecule has 2 aromatic carbocycles. The number of phenols is 1. The van der Waals surface area contributed by atoms with Crippen LogP contribution in [0.1, 0.15) is 6.92 Å². The summed E-state index contributed by atoms with van der Waals surface area (Å²) in [6.07, 6.45) is 0. The first kappa shape index (κ1) is 12.9. The van der Waals surface area contributed by atoms with Gasteiger partial charge in [0.15, 0.2) is 0 Å². The Morgan fingerprint density at radius 3 is 2.90 bits per heavy atom. The van der Waals surface area contributed by atoms with Crippen molar-refractivity contribution in [2.45, 2.75) is 6.92 Å². The maximum absolute atomic E-state index is 13.3. The van der Waals surface area contributed by atoms with E-state index in [4.69, 9.17) is 4.74 Å². The molecular formula is C15H12FNO2S. The first-order chi connectivity index (χ1) is 9.67. The molecule has 0 unspecified atom stereocenters. The number of nitrogens with zero attached hydrogens (tertiary/aromatic N) is 1. The molecule has 0 aliphatic rings. The molecule has 0 fully saturated rings. The summed E-state index contributed by atoms with van der Waals surface area (Å²) < 4.78 is 19.7. The van der Waals surface area contributed by atoms with E-state index in [2.05, 4.69) is 4.98 Å². The number of phenolic OH excluding ortho intramolecular Hbond substituents is 1. The average molecular weight is 289 g/mol. The molecule has 0 bridgehead atoms. The van der Waals surface area contributed by atoms with Crippen molar-refractivity contribution >= 4 is 21.6 Å². The second-order valence-electron chi connectivity index (χ2n) is 4.24. The number of halogens is 1. The Labute approximate surface area is 119 Å². The zero-order valence-corrected chi connectivity index (χ0v) is 11.6. The van der Waals surface area contributed by atoms with E-state index in [0.717, 1.165) is 16.0 Å². The molecule has 0 spiro atoms. The van der Waals surface area contributed by atoms with Gasteiger partial charge in [0, 0.05) is 0 Å². The molecular weight excluding hydrogens is 277 g/mol. The number of fused-ring (bicyclic) bond motifs is 1. The summed E-state index contributed by atoms with van der Waals surface area (Å²) in [6, 6.07) is 9.45. The molecule has 0 aliphatic carbocycles. The number of hydrogen-bond acceptors (Lipinski definition) is 4. The van der Waals surface area contributed by atoms with E-state index < -0.39 is 5.82 Å². The number of aromatic nitrogens is 1. The van der Waals surface area contributed by atoms with Crippen molar-refractivity contribution < 1.29 is 14.2 Å². The van der Waals surface area contributed by atoms with E-state index in [1.54, 1.807) is 0 Å². The van der Waals surface area contributed by atoms with Crippen LogP contribution in [0.25, 0.3) is 20.8 Å². The van der Waals surface area contributed by atoms with Crippen LogP contribution in [0.3, 0.4) is 0 Å². The van der Waals surface area contributed by atoms with Crippen molar-refractivity contribution in [2.24, 2.45) is 0 Å². The Bertz CT molecular complexity index is 770. The molecule has 1 heterocycles. The molecule has 0 aliphatic heterocycles. The molecule has 3 nitrogen and oxygen atoms in total. The lowest BCUT2D eigenvalue weighted by Gasteiger charge is -2.00. The van der Waals surface area contributed by atoms with Gasteiger partial charge in [-0.25, -0.2) is 9.37 Å². The summed E-state index contributed by atoms with van der Waals surface area (Å²) in [7, 11) is 0. The van der Waals surface area contributed by atoms with Crippen molar-refractivity contribution in [1.82, 2.24) is 4.98 Å². The predicted molar refractivity (Wildman–Crippen MR) is 77.8 cm³/mol. The Morgan fingerprint density at radius 1 is 1.25 bits per heavy atom. The van der Waals surface area contributed by atoms with Gasteiger partial charge in [0.1, 0.15) is 22.3 Å². The lowest BCUT2D eigenvalue weighted by molar-refractivity contribution is 0.341. The van der Waals surface area contributed by atoms with Gasteiger partial charge in [-0.15, -0.1) is 11.3 Å². The van der Waals surface area contributed by atoms with Crippen LogP contribution in [0, 0.1) is 5.82 Å². The fourth-order valence-electron chi connectivity index (χ4n) is 1.96. The summed E-state index contributed by atoms with van der Waals surface area (Å²) >= 11 is 1.40. The standard InChI is InChI=1S/C15H12FNO2S/c1-2-19-10-4-5-12-14(8-10)20-15(17-12)11-7-9(16)3-6-13(11)18/h3-8,18H,2H2,1H3. The predicted octanol–water partition coefficient (Wildman–Crippen LogP) is 4.21. The second kappa shape index (κ2) is 5.09. The Balaban J connectivity index is 2.10. The van der Waals surface area contributed by atoms with Gasteiger partial charge in [-0.3, -0.25) is 0 Å². The van der Waals surface area contributed by atoms with Gasteiger partial charge < -0.3 is 9.84 Å². The smallest absolute Gasteiger partial charge is 0.128 e. The molecule has 3 aromatic rings. The number of hydrogen-bond donors (Lipinski definition) is 1. The molecule has 1 N–H and O–H groups in total. The minimum Gasteiger partial charge on any atom is -0.507 e. The number of rotatable bonds is 3. The van der Waals surface area contributed by atoms with Gasteiger partial charge in [0.2, 0.25) is 0 Å². The Hall–Kier alpha value is -2.14. The van der Waals surface area contributed by atoms with Gasteiger partial charge in [-0.1, -0.05) is 0 Å². The van der Waals surface area contributed by atoms with Crippen LogP contribution in [-0.4, -0.2) is 16.7 Å². The highest BCUT2D eigenvalue weighted by Crippen LogP contribution is 2.36. The molecule has 0 amide bonds. The van der Waals surface area contributed by atoms with Crippen molar-refractivity contribution in [3.8, 4) is 22.1 Å². The molecule has 0 atom stereocenters. The Morgan fingerprint density at radius 2 is 2.10 bits per heavy atom. The topological polar surface area (TPSA) is 42.4 Å². The van der Waals surface area contributed by atoms with Crippen LogP contribution in [0.2, 0.25) is 0 Å². The molecule has 5 heteroatoms. The van der Waals surface area contributed by atoms with Crippen LogP contribution < -0.4 is 4.74 Å². The number of aromatic hydroxyl groups is 1. The zero-order chi connectivity index (χ0) is 14.1. The monoisotopic (exact) mass is 289 g/mol. The molecule has 0 radical (unpaired) electrons. The van der Waals surface area contributed by atoms with Gasteiger partial charge in [0.25, 0.3) is 0 Å². The fourth-order valence-corrected chi connectivity index (χ4v) is 2.98. The molecule has 0 saturated carbocycles. The van der Waals surface area contributed by atoms with E-state index in [1.165, 1.54) is 29.5 Å². The fraction of sp³-hybridized carbons (Fsp3) is 0.133. The third kappa shape index (κ3) is 2.32. The first-order valence-electron chi connectivity index (χ1n) is 6.19. The Kier molecular flexibility index (Phi) is 3.28. The van der Waals surface area contributed by atoms with Gasteiger partial charge in [0.05, 0.1) is 22.4 Å². The van der Waals surface area contributed by atoms with Gasteiger partial charge in [-0.05, 0) is 43.3 Å². The molecule has 3 rings (SSSR count). The quantitative estimate of drug-likeness (QED) is 0.785. The maximum atomic E-state index is 13.3. The van der Waals surface area contributed by atoms with Crippen molar-refractivity contribution in [3.05, 3.63) is 42.2 Å². The number of ether oxygens (including phenoxy) is 1. The summed E-state index contributed by atoms with van der Waals surface area (Å²) in [4.78, 5) is 4.42. The molecule has 0 saturated heterocycles. The average Bonchev–Trinajstić information content (AvgIpc) is 2.85. The highest BCUT2D eigenvalue weighted by molar-refractivity contribution is 7.21. The normalized spacial score (nSPS) is 10.9. The SMILES string of the molecule is CCOc1ccc2nc(-c3cc(F)ccc3O)sc2c1.